The maximum atomic E-state index is 12.5. The molecule has 0 fully saturated rings. The van der Waals surface area contributed by atoms with Gasteiger partial charge in [0.05, 0.1) is 6.54 Å². The molecule has 2 N–H and O–H groups in total. The number of rotatable bonds is 4. The van der Waals surface area contributed by atoms with Crippen LogP contribution in [0.1, 0.15) is 16.7 Å². The monoisotopic (exact) mass is 336 g/mol. The van der Waals surface area contributed by atoms with Crippen LogP contribution in [0.15, 0.2) is 59.6 Å². The number of nitrogens with zero attached hydrogens (tertiary/aromatic N) is 2. The van der Waals surface area contributed by atoms with E-state index in [0.29, 0.717) is 19.0 Å². The van der Waals surface area contributed by atoms with Crippen molar-refractivity contribution in [3.8, 4) is 0 Å². The second kappa shape index (κ2) is 8.33. The number of aliphatic imine (C=N–C) groups is 1. The van der Waals surface area contributed by atoms with Crippen molar-refractivity contribution in [3.05, 3.63) is 71.3 Å². The minimum Gasteiger partial charge on any atom is -0.352 e. The second-order valence-electron chi connectivity index (χ2n) is 6.10. The number of amides is 1. The molecule has 5 nitrogen and oxygen atoms in total. The molecule has 0 aliphatic carbocycles. The van der Waals surface area contributed by atoms with E-state index in [9.17, 15) is 4.79 Å². The topological polar surface area (TPSA) is 56.7 Å². The van der Waals surface area contributed by atoms with E-state index >= 15 is 0 Å². The summed E-state index contributed by atoms with van der Waals surface area (Å²) in [6.45, 7) is 2.38. The SMILES string of the molecule is CN=C(NCC(=O)N1CCc2ccccc2C1)NCc1ccccc1. The Morgan fingerprint density at radius 3 is 2.52 bits per heavy atom. The van der Waals surface area contributed by atoms with E-state index < -0.39 is 0 Å². The number of benzene rings is 2. The van der Waals surface area contributed by atoms with Crippen LogP contribution in [0.5, 0.6) is 0 Å². The Labute approximate surface area is 148 Å². The fourth-order valence-corrected chi connectivity index (χ4v) is 2.98. The fraction of sp³-hybridized carbons (Fsp3) is 0.300. The molecule has 5 heteroatoms. The number of hydrogen-bond donors (Lipinski definition) is 2. The molecule has 1 amide bonds. The predicted octanol–water partition coefficient (Wildman–Crippen LogP) is 1.94. The van der Waals surface area contributed by atoms with Crippen LogP contribution in [0.4, 0.5) is 0 Å². The van der Waals surface area contributed by atoms with Gasteiger partial charge in [0, 0.05) is 26.7 Å². The van der Waals surface area contributed by atoms with Gasteiger partial charge in [-0.3, -0.25) is 9.79 Å². The van der Waals surface area contributed by atoms with Gasteiger partial charge in [-0.2, -0.15) is 0 Å². The summed E-state index contributed by atoms with van der Waals surface area (Å²) in [6.07, 6.45) is 0.920. The lowest BCUT2D eigenvalue weighted by Gasteiger charge is -2.29. The van der Waals surface area contributed by atoms with Gasteiger partial charge in [-0.05, 0) is 23.1 Å². The third kappa shape index (κ3) is 4.59. The highest BCUT2D eigenvalue weighted by atomic mass is 16.2. The number of carbonyl (C=O) groups is 1. The van der Waals surface area contributed by atoms with Crippen LogP contribution in [0.2, 0.25) is 0 Å². The van der Waals surface area contributed by atoms with Gasteiger partial charge in [-0.1, -0.05) is 54.6 Å². The molecular formula is C20H24N4O. The zero-order chi connectivity index (χ0) is 17.5. The molecule has 0 saturated carbocycles. The lowest BCUT2D eigenvalue weighted by Crippen LogP contribution is -2.45. The van der Waals surface area contributed by atoms with Gasteiger partial charge in [0.25, 0.3) is 0 Å². The molecule has 0 aromatic heterocycles. The van der Waals surface area contributed by atoms with E-state index in [4.69, 9.17) is 0 Å². The van der Waals surface area contributed by atoms with Gasteiger partial charge < -0.3 is 15.5 Å². The first-order valence-corrected chi connectivity index (χ1v) is 8.59. The van der Waals surface area contributed by atoms with Crippen LogP contribution in [-0.2, 0) is 24.3 Å². The highest BCUT2D eigenvalue weighted by Gasteiger charge is 2.20. The summed E-state index contributed by atoms with van der Waals surface area (Å²) in [5.41, 5.74) is 3.76. The normalized spacial score (nSPS) is 14.0. The molecule has 0 unspecified atom stereocenters. The first-order valence-electron chi connectivity index (χ1n) is 8.59. The average Bonchev–Trinajstić information content (AvgIpc) is 2.68. The van der Waals surface area contributed by atoms with Crippen molar-refractivity contribution in [1.29, 1.82) is 0 Å². The maximum Gasteiger partial charge on any atom is 0.242 e. The van der Waals surface area contributed by atoms with E-state index in [-0.39, 0.29) is 12.5 Å². The zero-order valence-corrected chi connectivity index (χ0v) is 14.5. The molecule has 1 aliphatic heterocycles. The maximum absolute atomic E-state index is 12.5. The Morgan fingerprint density at radius 1 is 1.04 bits per heavy atom. The average molecular weight is 336 g/mol. The standard InChI is InChI=1S/C20H24N4O/c1-21-20(22-13-16-7-3-2-4-8-16)23-14-19(25)24-12-11-17-9-5-6-10-18(17)15-24/h2-10H,11-15H2,1H3,(H2,21,22,23). The van der Waals surface area contributed by atoms with E-state index in [1.165, 1.54) is 16.7 Å². The van der Waals surface area contributed by atoms with Crippen molar-refractivity contribution in [3.63, 3.8) is 0 Å². The van der Waals surface area contributed by atoms with Crippen LogP contribution in [0.25, 0.3) is 0 Å². The predicted molar refractivity (Wildman–Crippen MR) is 100 cm³/mol. The van der Waals surface area contributed by atoms with E-state index in [0.717, 1.165) is 13.0 Å². The van der Waals surface area contributed by atoms with Crippen molar-refractivity contribution in [2.75, 3.05) is 20.1 Å². The Hall–Kier alpha value is -2.82. The number of nitrogens with one attached hydrogen (secondary N) is 2. The molecular weight excluding hydrogens is 312 g/mol. The molecule has 0 saturated heterocycles. The molecule has 0 spiro atoms. The summed E-state index contributed by atoms with van der Waals surface area (Å²) in [6, 6.07) is 18.4. The van der Waals surface area contributed by atoms with Crippen molar-refractivity contribution >= 4 is 11.9 Å². The lowest BCUT2D eigenvalue weighted by atomic mass is 10.00. The Morgan fingerprint density at radius 2 is 1.76 bits per heavy atom. The minimum atomic E-state index is 0.0946. The van der Waals surface area contributed by atoms with Gasteiger partial charge in [0.15, 0.2) is 5.96 Å². The van der Waals surface area contributed by atoms with Gasteiger partial charge in [0.2, 0.25) is 5.91 Å². The molecule has 0 radical (unpaired) electrons. The molecule has 130 valence electrons. The number of hydrogen-bond acceptors (Lipinski definition) is 2. The van der Waals surface area contributed by atoms with Gasteiger partial charge in [-0.25, -0.2) is 0 Å². The molecule has 2 aromatic rings. The third-order valence-corrected chi connectivity index (χ3v) is 4.42. The summed E-state index contributed by atoms with van der Waals surface area (Å²) in [7, 11) is 1.71. The van der Waals surface area contributed by atoms with Gasteiger partial charge in [-0.15, -0.1) is 0 Å². The number of carbonyl (C=O) groups excluding carboxylic acids is 1. The van der Waals surface area contributed by atoms with E-state index in [2.05, 4.69) is 46.0 Å². The fourth-order valence-electron chi connectivity index (χ4n) is 2.98. The number of guanidine groups is 1. The molecule has 3 rings (SSSR count). The molecule has 0 bridgehead atoms. The molecule has 1 aliphatic rings. The Bertz CT molecular complexity index is 742. The summed E-state index contributed by atoms with van der Waals surface area (Å²) in [5, 5.41) is 6.34. The van der Waals surface area contributed by atoms with E-state index in [1.54, 1.807) is 7.05 Å². The summed E-state index contributed by atoms with van der Waals surface area (Å²) in [5.74, 6) is 0.728. The van der Waals surface area contributed by atoms with Crippen molar-refractivity contribution in [2.45, 2.75) is 19.5 Å². The quantitative estimate of drug-likeness (QED) is 0.663. The number of fused-ring (bicyclic) bond motifs is 1. The first-order chi connectivity index (χ1) is 12.3. The summed E-state index contributed by atoms with van der Waals surface area (Å²) < 4.78 is 0. The highest BCUT2D eigenvalue weighted by molar-refractivity contribution is 5.86. The molecule has 2 aromatic carbocycles. The minimum absolute atomic E-state index is 0.0946. The zero-order valence-electron chi connectivity index (χ0n) is 14.5. The van der Waals surface area contributed by atoms with Crippen LogP contribution < -0.4 is 10.6 Å². The lowest BCUT2D eigenvalue weighted by molar-refractivity contribution is -0.130. The Kier molecular flexibility index (Phi) is 5.67. The van der Waals surface area contributed by atoms with Crippen LogP contribution in [-0.4, -0.2) is 36.9 Å². The first kappa shape index (κ1) is 17.0. The molecule has 1 heterocycles. The van der Waals surface area contributed by atoms with Crippen LogP contribution in [0.3, 0.4) is 0 Å². The smallest absolute Gasteiger partial charge is 0.242 e. The van der Waals surface area contributed by atoms with Crippen LogP contribution in [0, 0.1) is 0 Å². The van der Waals surface area contributed by atoms with Crippen molar-refractivity contribution in [2.24, 2.45) is 4.99 Å². The summed E-state index contributed by atoms with van der Waals surface area (Å²) in [4.78, 5) is 18.6. The van der Waals surface area contributed by atoms with Gasteiger partial charge >= 0.3 is 0 Å². The largest absolute Gasteiger partial charge is 0.352 e. The third-order valence-electron chi connectivity index (χ3n) is 4.42. The molecule has 25 heavy (non-hydrogen) atoms. The highest BCUT2D eigenvalue weighted by Crippen LogP contribution is 2.18. The van der Waals surface area contributed by atoms with Gasteiger partial charge in [0.1, 0.15) is 0 Å². The second-order valence-corrected chi connectivity index (χ2v) is 6.10. The van der Waals surface area contributed by atoms with Crippen molar-refractivity contribution in [1.82, 2.24) is 15.5 Å². The molecule has 0 atom stereocenters. The Balaban J connectivity index is 1.48. The summed E-state index contributed by atoms with van der Waals surface area (Å²) >= 11 is 0. The van der Waals surface area contributed by atoms with E-state index in [1.807, 2.05) is 29.2 Å². The van der Waals surface area contributed by atoms with Crippen molar-refractivity contribution < 1.29 is 4.79 Å². The van der Waals surface area contributed by atoms with Crippen LogP contribution >= 0.6 is 0 Å².